The van der Waals surface area contributed by atoms with Crippen LogP contribution in [-0.4, -0.2) is 37.1 Å². The van der Waals surface area contributed by atoms with Crippen molar-refractivity contribution in [1.29, 1.82) is 5.26 Å². The van der Waals surface area contributed by atoms with E-state index in [1.807, 2.05) is 0 Å². The first kappa shape index (κ1) is 11.5. The minimum Gasteiger partial charge on any atom is -0.303 e. The number of nitrogens with zero attached hydrogens (tertiary/aromatic N) is 2. The Morgan fingerprint density at radius 3 is 2.79 bits per heavy atom. The summed E-state index contributed by atoms with van der Waals surface area (Å²) in [4.78, 5) is 2.37. The molecule has 1 aliphatic carbocycles. The van der Waals surface area contributed by atoms with Gasteiger partial charge >= 0.3 is 0 Å². The van der Waals surface area contributed by atoms with Crippen molar-refractivity contribution in [1.82, 2.24) is 10.2 Å². The van der Waals surface area contributed by atoms with Crippen LogP contribution in [0.1, 0.15) is 32.6 Å². The summed E-state index contributed by atoms with van der Waals surface area (Å²) in [6.45, 7) is 4.11. The molecule has 1 N–H and O–H groups in total. The average Bonchev–Trinajstić information content (AvgIpc) is 3.01. The van der Waals surface area contributed by atoms with Gasteiger partial charge in [-0.1, -0.05) is 6.92 Å². The minimum absolute atomic E-state index is 0.0381. The summed E-state index contributed by atoms with van der Waals surface area (Å²) in [6, 6.07) is 3.16. The van der Waals surface area contributed by atoms with Crippen molar-refractivity contribution in [3.63, 3.8) is 0 Å². The van der Waals surface area contributed by atoms with Crippen molar-refractivity contribution < 1.29 is 0 Å². The third kappa shape index (κ3) is 4.08. The Balaban J connectivity index is 2.10. The summed E-state index contributed by atoms with van der Waals surface area (Å²) in [6.07, 6.45) is 4.73. The zero-order valence-corrected chi connectivity index (χ0v) is 9.29. The summed E-state index contributed by atoms with van der Waals surface area (Å²) in [7, 11) is 2.16. The lowest BCUT2D eigenvalue weighted by atomic mass is 10.2. The normalized spacial score (nSPS) is 18.1. The van der Waals surface area contributed by atoms with Crippen LogP contribution in [-0.2, 0) is 0 Å². The van der Waals surface area contributed by atoms with Crippen LogP contribution in [0.3, 0.4) is 0 Å². The maximum absolute atomic E-state index is 8.89. The molecule has 0 saturated heterocycles. The van der Waals surface area contributed by atoms with E-state index in [0.717, 1.165) is 32.0 Å². The van der Waals surface area contributed by atoms with Crippen LogP contribution in [0.2, 0.25) is 0 Å². The van der Waals surface area contributed by atoms with Gasteiger partial charge in [-0.25, -0.2) is 0 Å². The SMILES string of the molecule is CCCNC(C#N)CCN(C)C1CC1. The van der Waals surface area contributed by atoms with Gasteiger partial charge in [-0.05, 0) is 39.3 Å². The minimum atomic E-state index is 0.0381. The summed E-state index contributed by atoms with van der Waals surface area (Å²) < 4.78 is 0. The van der Waals surface area contributed by atoms with E-state index in [-0.39, 0.29) is 6.04 Å². The fourth-order valence-electron chi connectivity index (χ4n) is 1.56. The maximum atomic E-state index is 8.89. The van der Waals surface area contributed by atoms with Gasteiger partial charge in [0.15, 0.2) is 0 Å². The molecular formula is C11H21N3. The maximum Gasteiger partial charge on any atom is 0.0965 e. The summed E-state index contributed by atoms with van der Waals surface area (Å²) in [5.74, 6) is 0. The Labute approximate surface area is 87.1 Å². The zero-order valence-electron chi connectivity index (χ0n) is 9.29. The molecule has 1 unspecified atom stereocenters. The van der Waals surface area contributed by atoms with Crippen molar-refractivity contribution in [2.24, 2.45) is 0 Å². The highest BCUT2D eigenvalue weighted by Crippen LogP contribution is 2.25. The molecule has 0 aromatic rings. The van der Waals surface area contributed by atoms with E-state index in [1.54, 1.807) is 0 Å². The fourth-order valence-corrected chi connectivity index (χ4v) is 1.56. The number of rotatable bonds is 7. The van der Waals surface area contributed by atoms with Gasteiger partial charge in [-0.15, -0.1) is 0 Å². The molecule has 1 rings (SSSR count). The van der Waals surface area contributed by atoms with Crippen molar-refractivity contribution in [2.75, 3.05) is 20.1 Å². The Bertz CT molecular complexity index is 193. The largest absolute Gasteiger partial charge is 0.303 e. The van der Waals surface area contributed by atoms with E-state index in [2.05, 4.69) is 30.3 Å². The Hall–Kier alpha value is -0.590. The fraction of sp³-hybridized carbons (Fsp3) is 0.909. The predicted octanol–water partition coefficient (Wildman–Crippen LogP) is 1.36. The van der Waals surface area contributed by atoms with Gasteiger partial charge in [0.05, 0.1) is 12.1 Å². The highest BCUT2D eigenvalue weighted by atomic mass is 15.1. The van der Waals surface area contributed by atoms with Crippen LogP contribution in [0.25, 0.3) is 0 Å². The molecular weight excluding hydrogens is 174 g/mol. The molecule has 1 atom stereocenters. The first-order valence-electron chi connectivity index (χ1n) is 5.61. The van der Waals surface area contributed by atoms with Gasteiger partial charge in [0.25, 0.3) is 0 Å². The van der Waals surface area contributed by atoms with Crippen LogP contribution >= 0.6 is 0 Å². The number of hydrogen-bond donors (Lipinski definition) is 1. The summed E-state index contributed by atoms with van der Waals surface area (Å²) >= 11 is 0. The van der Waals surface area contributed by atoms with Crippen molar-refractivity contribution >= 4 is 0 Å². The van der Waals surface area contributed by atoms with E-state index in [1.165, 1.54) is 12.8 Å². The molecule has 14 heavy (non-hydrogen) atoms. The molecule has 3 heteroatoms. The van der Waals surface area contributed by atoms with E-state index in [9.17, 15) is 0 Å². The lowest BCUT2D eigenvalue weighted by molar-refractivity contribution is 0.308. The first-order valence-corrected chi connectivity index (χ1v) is 5.61. The second kappa shape index (κ2) is 6.00. The predicted molar refractivity (Wildman–Crippen MR) is 58.0 cm³/mol. The quantitative estimate of drug-likeness (QED) is 0.666. The Morgan fingerprint density at radius 1 is 1.57 bits per heavy atom. The van der Waals surface area contributed by atoms with Gasteiger partial charge in [0.1, 0.15) is 0 Å². The van der Waals surface area contributed by atoms with Crippen LogP contribution in [0.4, 0.5) is 0 Å². The van der Waals surface area contributed by atoms with E-state index in [0.29, 0.717) is 0 Å². The van der Waals surface area contributed by atoms with Crippen LogP contribution in [0.5, 0.6) is 0 Å². The molecule has 0 spiro atoms. The van der Waals surface area contributed by atoms with Gasteiger partial charge in [0, 0.05) is 12.6 Å². The molecule has 0 aromatic heterocycles. The number of hydrogen-bond acceptors (Lipinski definition) is 3. The molecule has 1 saturated carbocycles. The van der Waals surface area contributed by atoms with Crippen LogP contribution in [0, 0.1) is 11.3 Å². The van der Waals surface area contributed by atoms with Crippen LogP contribution in [0.15, 0.2) is 0 Å². The summed E-state index contributed by atoms with van der Waals surface area (Å²) in [5, 5.41) is 12.1. The molecule has 1 fully saturated rings. The second-order valence-electron chi connectivity index (χ2n) is 4.14. The standard InChI is InChI=1S/C11H21N3/c1-3-7-13-10(9-12)6-8-14(2)11-4-5-11/h10-11,13H,3-8H2,1-2H3. The van der Waals surface area contributed by atoms with Gasteiger partial charge in [-0.3, -0.25) is 0 Å². The number of nitriles is 1. The molecule has 3 nitrogen and oxygen atoms in total. The van der Waals surface area contributed by atoms with Gasteiger partial charge in [0.2, 0.25) is 0 Å². The van der Waals surface area contributed by atoms with E-state index in [4.69, 9.17) is 5.26 Å². The van der Waals surface area contributed by atoms with Gasteiger partial charge in [-0.2, -0.15) is 5.26 Å². The molecule has 80 valence electrons. The van der Waals surface area contributed by atoms with Gasteiger partial charge < -0.3 is 10.2 Å². The average molecular weight is 195 g/mol. The molecule has 0 heterocycles. The molecule has 1 aliphatic rings. The Morgan fingerprint density at radius 2 is 2.29 bits per heavy atom. The zero-order chi connectivity index (χ0) is 10.4. The van der Waals surface area contributed by atoms with E-state index >= 15 is 0 Å². The molecule has 0 aliphatic heterocycles. The number of nitrogens with one attached hydrogen (secondary N) is 1. The van der Waals surface area contributed by atoms with Crippen molar-refractivity contribution in [3.05, 3.63) is 0 Å². The summed E-state index contributed by atoms with van der Waals surface area (Å²) in [5.41, 5.74) is 0. The molecule has 0 bridgehead atoms. The smallest absolute Gasteiger partial charge is 0.0965 e. The molecule has 0 amide bonds. The van der Waals surface area contributed by atoms with Crippen molar-refractivity contribution in [3.8, 4) is 6.07 Å². The van der Waals surface area contributed by atoms with Crippen LogP contribution < -0.4 is 5.32 Å². The lowest BCUT2D eigenvalue weighted by Gasteiger charge is -2.18. The third-order valence-electron chi connectivity index (χ3n) is 2.74. The monoisotopic (exact) mass is 195 g/mol. The van der Waals surface area contributed by atoms with Crippen molar-refractivity contribution in [2.45, 2.75) is 44.7 Å². The second-order valence-corrected chi connectivity index (χ2v) is 4.14. The third-order valence-corrected chi connectivity index (χ3v) is 2.74. The highest BCUT2D eigenvalue weighted by Gasteiger charge is 2.25. The topological polar surface area (TPSA) is 39.1 Å². The molecule has 0 radical (unpaired) electrons. The van der Waals surface area contributed by atoms with E-state index < -0.39 is 0 Å². The Kier molecular flexibility index (Phi) is 4.92. The highest BCUT2D eigenvalue weighted by molar-refractivity contribution is 4.91. The molecule has 0 aromatic carbocycles. The lowest BCUT2D eigenvalue weighted by Crippen LogP contribution is -2.33. The first-order chi connectivity index (χ1) is 6.77.